The van der Waals surface area contributed by atoms with Crippen molar-refractivity contribution in [2.24, 2.45) is 0 Å². The molecule has 1 saturated heterocycles. The molecule has 5 nitrogen and oxygen atoms in total. The van der Waals surface area contributed by atoms with Crippen LogP contribution in [0, 0.1) is 0 Å². The molecule has 0 aromatic heterocycles. The summed E-state index contributed by atoms with van der Waals surface area (Å²) in [7, 11) is -1.10. The molecule has 6 heteroatoms. The van der Waals surface area contributed by atoms with Gasteiger partial charge in [-0.1, -0.05) is 0 Å². The zero-order valence-electron chi connectivity index (χ0n) is 8.56. The third-order valence-corrected chi connectivity index (χ3v) is 4.05. The van der Waals surface area contributed by atoms with Gasteiger partial charge in [0.1, 0.15) is 0 Å². The Bertz CT molecular complexity index is 242. The van der Waals surface area contributed by atoms with Crippen molar-refractivity contribution in [3.63, 3.8) is 0 Å². The quantitative estimate of drug-likeness (QED) is 0.684. The van der Waals surface area contributed by atoms with Gasteiger partial charge in [0.2, 0.25) is 0 Å². The highest BCUT2D eigenvalue weighted by Crippen LogP contribution is 2.49. The van der Waals surface area contributed by atoms with Gasteiger partial charge in [-0.3, -0.25) is 4.79 Å². The average molecular weight is 221 g/mol. The second-order valence-electron chi connectivity index (χ2n) is 3.19. The van der Waals surface area contributed by atoms with Gasteiger partial charge in [-0.05, 0) is 19.3 Å². The van der Waals surface area contributed by atoms with Crippen molar-refractivity contribution >= 4 is 13.2 Å². The number of nitrogens with zero attached hydrogens (tertiary/aromatic N) is 1. The lowest BCUT2D eigenvalue weighted by Gasteiger charge is -2.28. The minimum absolute atomic E-state index is 0.512. The fraction of sp³-hybridized carbons (Fsp3) is 0.875. The van der Waals surface area contributed by atoms with Crippen molar-refractivity contribution in [2.45, 2.75) is 19.3 Å². The minimum atomic E-state index is -3.55. The van der Waals surface area contributed by atoms with Gasteiger partial charge in [0.05, 0.1) is 0 Å². The smallest absolute Gasteiger partial charge is 0.332 e. The molecule has 0 N–H and O–H groups in total. The number of amides is 1. The maximum Gasteiger partial charge on any atom is 0.417 e. The SMILES string of the molecule is COP(=O)(OC)C(=O)N1CCCCC1. The van der Waals surface area contributed by atoms with Crippen LogP contribution in [0.5, 0.6) is 0 Å². The van der Waals surface area contributed by atoms with Gasteiger partial charge in [-0.25, -0.2) is 4.57 Å². The van der Waals surface area contributed by atoms with Crippen molar-refractivity contribution in [1.82, 2.24) is 4.90 Å². The first-order chi connectivity index (χ1) is 6.64. The van der Waals surface area contributed by atoms with Crippen LogP contribution in [0.4, 0.5) is 4.79 Å². The molecule has 0 unspecified atom stereocenters. The van der Waals surface area contributed by atoms with Crippen LogP contribution < -0.4 is 0 Å². The lowest BCUT2D eigenvalue weighted by Crippen LogP contribution is -2.34. The van der Waals surface area contributed by atoms with E-state index in [1.807, 2.05) is 0 Å². The van der Waals surface area contributed by atoms with Crippen molar-refractivity contribution in [2.75, 3.05) is 27.3 Å². The summed E-state index contributed by atoms with van der Waals surface area (Å²) in [6.45, 7) is 1.30. The van der Waals surface area contributed by atoms with Crippen LogP contribution in [0.2, 0.25) is 0 Å². The Morgan fingerprint density at radius 2 is 1.64 bits per heavy atom. The number of rotatable bonds is 3. The molecule has 14 heavy (non-hydrogen) atoms. The minimum Gasteiger partial charge on any atom is -0.332 e. The molecule has 1 aliphatic rings. The summed E-state index contributed by atoms with van der Waals surface area (Å²) >= 11 is 0. The van der Waals surface area contributed by atoms with Crippen LogP contribution in [-0.2, 0) is 13.6 Å². The zero-order chi connectivity index (χ0) is 10.6. The summed E-state index contributed by atoms with van der Waals surface area (Å²) in [6.07, 6.45) is 3.03. The number of carbonyl (C=O) groups excluding carboxylic acids is 1. The van der Waals surface area contributed by atoms with Gasteiger partial charge in [-0.15, -0.1) is 0 Å². The van der Waals surface area contributed by atoms with Crippen molar-refractivity contribution in [1.29, 1.82) is 0 Å². The Labute approximate surface area is 83.9 Å². The molecule has 0 spiro atoms. The van der Waals surface area contributed by atoms with Gasteiger partial charge < -0.3 is 13.9 Å². The summed E-state index contributed by atoms with van der Waals surface area (Å²) in [5.41, 5.74) is -0.512. The van der Waals surface area contributed by atoms with Gasteiger partial charge in [0.25, 0.3) is 0 Å². The van der Waals surface area contributed by atoms with Gasteiger partial charge in [0.15, 0.2) is 0 Å². The topological polar surface area (TPSA) is 55.8 Å². The highest BCUT2D eigenvalue weighted by atomic mass is 31.2. The third-order valence-electron chi connectivity index (χ3n) is 2.34. The fourth-order valence-corrected chi connectivity index (χ4v) is 2.50. The van der Waals surface area contributed by atoms with E-state index < -0.39 is 13.2 Å². The molecule has 0 aromatic carbocycles. The van der Waals surface area contributed by atoms with E-state index in [9.17, 15) is 9.36 Å². The molecular weight excluding hydrogens is 205 g/mol. The highest BCUT2D eigenvalue weighted by Gasteiger charge is 2.37. The maximum absolute atomic E-state index is 11.7. The number of carbonyl (C=O) groups is 1. The molecule has 1 aliphatic heterocycles. The molecule has 0 atom stereocenters. The summed E-state index contributed by atoms with van der Waals surface area (Å²) in [4.78, 5) is 13.2. The Morgan fingerprint density at radius 3 is 2.07 bits per heavy atom. The summed E-state index contributed by atoms with van der Waals surface area (Å²) in [5, 5.41) is 0. The number of piperidine rings is 1. The van der Waals surface area contributed by atoms with Crippen LogP contribution >= 0.6 is 7.60 Å². The maximum atomic E-state index is 11.7. The molecule has 0 saturated carbocycles. The van der Waals surface area contributed by atoms with Crippen molar-refractivity contribution in [3.8, 4) is 0 Å². The normalized spacial score (nSPS) is 18.3. The molecule has 82 valence electrons. The largest absolute Gasteiger partial charge is 0.417 e. The molecule has 0 aromatic rings. The number of hydrogen-bond donors (Lipinski definition) is 0. The van der Waals surface area contributed by atoms with E-state index in [1.165, 1.54) is 14.2 Å². The Balaban J connectivity index is 2.66. The summed E-state index contributed by atoms with van der Waals surface area (Å²) < 4.78 is 21.0. The lowest BCUT2D eigenvalue weighted by atomic mass is 10.1. The van der Waals surface area contributed by atoms with E-state index in [2.05, 4.69) is 9.05 Å². The fourth-order valence-electron chi connectivity index (χ4n) is 1.49. The van der Waals surface area contributed by atoms with Crippen LogP contribution in [0.3, 0.4) is 0 Å². The predicted molar refractivity (Wildman–Crippen MR) is 52.4 cm³/mol. The summed E-state index contributed by atoms with van der Waals surface area (Å²) in [6, 6.07) is 0. The molecule has 1 rings (SSSR count). The first kappa shape index (κ1) is 11.7. The van der Waals surface area contributed by atoms with E-state index in [1.54, 1.807) is 4.90 Å². The molecule has 0 aliphatic carbocycles. The highest BCUT2D eigenvalue weighted by molar-refractivity contribution is 7.71. The molecule has 0 radical (unpaired) electrons. The summed E-state index contributed by atoms with van der Waals surface area (Å²) in [5.74, 6) is 0. The molecule has 1 fully saturated rings. The van der Waals surface area contributed by atoms with Crippen molar-refractivity contribution < 1.29 is 18.4 Å². The molecule has 0 bridgehead atoms. The third kappa shape index (κ3) is 2.35. The van der Waals surface area contributed by atoms with Crippen LogP contribution in [0.25, 0.3) is 0 Å². The Morgan fingerprint density at radius 1 is 1.14 bits per heavy atom. The van der Waals surface area contributed by atoms with Gasteiger partial charge in [0, 0.05) is 27.3 Å². The van der Waals surface area contributed by atoms with E-state index in [0.29, 0.717) is 13.1 Å². The molecule has 1 heterocycles. The zero-order valence-corrected chi connectivity index (χ0v) is 9.46. The van der Waals surface area contributed by atoms with Crippen LogP contribution in [-0.4, -0.2) is 37.9 Å². The van der Waals surface area contributed by atoms with E-state index in [0.717, 1.165) is 19.3 Å². The second kappa shape index (κ2) is 4.91. The number of hydrogen-bond acceptors (Lipinski definition) is 4. The van der Waals surface area contributed by atoms with Gasteiger partial charge >= 0.3 is 13.2 Å². The van der Waals surface area contributed by atoms with E-state index in [4.69, 9.17) is 0 Å². The Kier molecular flexibility index (Phi) is 4.11. The van der Waals surface area contributed by atoms with E-state index >= 15 is 0 Å². The second-order valence-corrected chi connectivity index (χ2v) is 5.30. The van der Waals surface area contributed by atoms with Crippen molar-refractivity contribution in [3.05, 3.63) is 0 Å². The average Bonchev–Trinajstić information content (AvgIpc) is 2.28. The first-order valence-electron chi connectivity index (χ1n) is 4.65. The monoisotopic (exact) mass is 221 g/mol. The predicted octanol–water partition coefficient (Wildman–Crippen LogP) is 2.08. The lowest BCUT2D eigenvalue weighted by molar-refractivity contribution is 0.191. The standard InChI is InChI=1S/C8H16NO4P/c1-12-14(11,13-2)8(10)9-6-4-3-5-7-9/h3-7H2,1-2H3. The van der Waals surface area contributed by atoms with Crippen LogP contribution in [0.15, 0.2) is 0 Å². The Hall–Kier alpha value is -0.380. The van der Waals surface area contributed by atoms with Gasteiger partial charge in [-0.2, -0.15) is 0 Å². The first-order valence-corrected chi connectivity index (χ1v) is 6.19. The molecule has 1 amide bonds. The molecular formula is C8H16NO4P. The number of likely N-dealkylation sites (tertiary alicyclic amines) is 1. The van der Waals surface area contributed by atoms with Crippen LogP contribution in [0.1, 0.15) is 19.3 Å². The van der Waals surface area contributed by atoms with E-state index in [-0.39, 0.29) is 0 Å².